The first-order chi connectivity index (χ1) is 15.2. The van der Waals surface area contributed by atoms with Gasteiger partial charge in [0.25, 0.3) is 0 Å². The molecule has 1 amide bonds. The number of amides is 1. The van der Waals surface area contributed by atoms with Crippen LogP contribution in [0.3, 0.4) is 0 Å². The molecule has 12 heteroatoms. The molecule has 166 valence electrons. The van der Waals surface area contributed by atoms with Crippen molar-refractivity contribution in [3.05, 3.63) is 48.2 Å². The molecule has 1 fully saturated rings. The van der Waals surface area contributed by atoms with Crippen LogP contribution in [0.1, 0.15) is 19.0 Å². The summed E-state index contributed by atoms with van der Waals surface area (Å²) in [5, 5.41) is 0. The summed E-state index contributed by atoms with van der Waals surface area (Å²) >= 11 is 0. The normalized spacial score (nSPS) is 20.6. The highest BCUT2D eigenvalue weighted by atomic mass is 19.1. The number of nitrogen functional groups attached to an aromatic ring is 1. The molecule has 4 rings (SSSR count). The van der Waals surface area contributed by atoms with Crippen LogP contribution in [0.15, 0.2) is 36.5 Å². The summed E-state index contributed by atoms with van der Waals surface area (Å²) in [7, 11) is 0. The van der Waals surface area contributed by atoms with Gasteiger partial charge in [-0.25, -0.2) is 24.1 Å². The van der Waals surface area contributed by atoms with Gasteiger partial charge in [0.2, 0.25) is 12.2 Å². The highest BCUT2D eigenvalue weighted by Crippen LogP contribution is 2.35. The Morgan fingerprint density at radius 3 is 2.50 bits per heavy atom. The number of carbonyl (C=O) groups excluding carboxylic acids is 2. The van der Waals surface area contributed by atoms with Gasteiger partial charge in [-0.1, -0.05) is 0 Å². The molecule has 3 aromatic rings. The zero-order valence-corrected chi connectivity index (χ0v) is 16.9. The van der Waals surface area contributed by atoms with E-state index >= 15 is 0 Å². The van der Waals surface area contributed by atoms with Crippen LogP contribution >= 0.6 is 0 Å². The van der Waals surface area contributed by atoms with E-state index in [1.54, 1.807) is 18.2 Å². The molecule has 0 bridgehead atoms. The molecule has 1 saturated heterocycles. The number of esters is 1. The molecule has 0 saturated carbocycles. The quantitative estimate of drug-likeness (QED) is 0.404. The molecule has 1 aromatic carbocycles. The number of nitrogens with one attached hydrogen (secondary N) is 1. The molecule has 0 aliphatic carbocycles. The highest BCUT2D eigenvalue weighted by Gasteiger charge is 2.43. The molecule has 2 aromatic heterocycles. The van der Waals surface area contributed by atoms with E-state index in [2.05, 4.69) is 24.7 Å². The van der Waals surface area contributed by atoms with Gasteiger partial charge in [-0.3, -0.25) is 4.79 Å². The number of imidazole rings is 1. The van der Waals surface area contributed by atoms with Crippen molar-refractivity contribution in [3.63, 3.8) is 0 Å². The van der Waals surface area contributed by atoms with Crippen molar-refractivity contribution in [1.82, 2.24) is 19.9 Å². The molecule has 0 unspecified atom stereocenters. The smallest absolute Gasteiger partial charge is 0.376 e. The second-order valence-electron chi connectivity index (χ2n) is 7.38. The van der Waals surface area contributed by atoms with Crippen molar-refractivity contribution in [1.29, 1.82) is 0 Å². The van der Waals surface area contributed by atoms with Crippen LogP contribution in [0, 0.1) is 11.2 Å². The van der Waals surface area contributed by atoms with Crippen LogP contribution in [-0.4, -0.2) is 45.2 Å². The lowest BCUT2D eigenvalue weighted by molar-refractivity contribution is -0.236. The maximum Gasteiger partial charge on any atom is 0.412 e. The topological polar surface area (TPSA) is 168 Å². The standard InChI is InChI=1S/C20H19FN6O5/c1-20(17(28)32-19(23)29)8-30-16(31-9-20)15-26-13(10-2-4-11(21)5-3-10)14(27-15)12-6-7-24-18(22)25-12/h2-7,16H,8-9H2,1H3,(H2,23,29)(H,26,27)(H2,22,24,25). The Kier molecular flexibility index (Phi) is 5.55. The average Bonchev–Trinajstić information content (AvgIpc) is 3.20. The number of aromatic nitrogens is 4. The minimum absolute atomic E-state index is 0.0672. The number of rotatable bonds is 4. The molecule has 5 N–H and O–H groups in total. The van der Waals surface area contributed by atoms with Gasteiger partial charge in [0.05, 0.1) is 30.3 Å². The number of primary amides is 1. The van der Waals surface area contributed by atoms with Crippen LogP contribution in [0.5, 0.6) is 0 Å². The lowest BCUT2D eigenvalue weighted by Gasteiger charge is -2.34. The van der Waals surface area contributed by atoms with Crippen molar-refractivity contribution in [2.45, 2.75) is 13.2 Å². The van der Waals surface area contributed by atoms with Crippen molar-refractivity contribution >= 4 is 18.0 Å². The summed E-state index contributed by atoms with van der Waals surface area (Å²) in [4.78, 5) is 38.7. The first kappa shape index (κ1) is 21.3. The number of nitrogens with zero attached hydrogens (tertiary/aromatic N) is 3. The predicted octanol–water partition coefficient (Wildman–Crippen LogP) is 1.93. The second-order valence-corrected chi connectivity index (χ2v) is 7.38. The van der Waals surface area contributed by atoms with Crippen molar-refractivity contribution < 1.29 is 28.2 Å². The number of aromatic amines is 1. The second kappa shape index (κ2) is 8.32. The van der Waals surface area contributed by atoms with Gasteiger partial charge in [-0.05, 0) is 37.3 Å². The van der Waals surface area contributed by atoms with E-state index in [1.165, 1.54) is 25.3 Å². The summed E-state index contributed by atoms with van der Waals surface area (Å²) in [6.45, 7) is 1.31. The third kappa shape index (κ3) is 4.26. The van der Waals surface area contributed by atoms with Gasteiger partial charge in [-0.2, -0.15) is 0 Å². The molecule has 0 radical (unpaired) electrons. The summed E-state index contributed by atoms with van der Waals surface area (Å²) in [6.07, 6.45) is -0.658. The van der Waals surface area contributed by atoms with E-state index in [-0.39, 0.29) is 19.2 Å². The molecule has 1 aliphatic heterocycles. The number of halogens is 1. The zero-order valence-electron chi connectivity index (χ0n) is 16.9. The summed E-state index contributed by atoms with van der Waals surface area (Å²) in [5.74, 6) is -0.884. The third-order valence-electron chi connectivity index (χ3n) is 4.79. The van der Waals surface area contributed by atoms with Crippen LogP contribution in [0.25, 0.3) is 22.6 Å². The first-order valence-electron chi connectivity index (χ1n) is 9.45. The van der Waals surface area contributed by atoms with Gasteiger partial charge < -0.3 is 30.7 Å². The van der Waals surface area contributed by atoms with Crippen molar-refractivity contribution in [3.8, 4) is 22.6 Å². The first-order valence-corrected chi connectivity index (χ1v) is 9.45. The minimum atomic E-state index is -1.22. The van der Waals surface area contributed by atoms with E-state index in [9.17, 15) is 14.0 Å². The maximum absolute atomic E-state index is 13.4. The molecular formula is C20H19FN6O5. The van der Waals surface area contributed by atoms with E-state index < -0.39 is 29.6 Å². The van der Waals surface area contributed by atoms with Crippen LogP contribution < -0.4 is 11.5 Å². The summed E-state index contributed by atoms with van der Waals surface area (Å²) in [5.41, 5.74) is 11.4. The number of carbonyl (C=O) groups is 2. The summed E-state index contributed by atoms with van der Waals surface area (Å²) in [6, 6.07) is 7.40. The number of hydrogen-bond donors (Lipinski definition) is 3. The Morgan fingerprint density at radius 2 is 1.88 bits per heavy atom. The average molecular weight is 442 g/mol. The van der Waals surface area contributed by atoms with E-state index in [0.29, 0.717) is 28.5 Å². The monoisotopic (exact) mass is 442 g/mol. The van der Waals surface area contributed by atoms with Gasteiger partial charge in [-0.15, -0.1) is 0 Å². The summed E-state index contributed by atoms with van der Waals surface area (Å²) < 4.78 is 29.2. The number of H-pyrrole nitrogens is 1. The van der Waals surface area contributed by atoms with E-state index in [0.717, 1.165) is 0 Å². The SMILES string of the molecule is CC1(C(=O)OC(N)=O)COC(c2nc(-c3ccc(F)cc3)c(-c3ccnc(N)n3)[nH]2)OC1. The lowest BCUT2D eigenvalue weighted by atomic mass is 9.92. The van der Waals surface area contributed by atoms with Gasteiger partial charge in [0, 0.05) is 11.8 Å². The minimum Gasteiger partial charge on any atom is -0.376 e. The molecule has 3 heterocycles. The number of hydrogen-bond acceptors (Lipinski definition) is 9. The van der Waals surface area contributed by atoms with Crippen LogP contribution in [0.2, 0.25) is 0 Å². The Morgan fingerprint density at radius 1 is 1.19 bits per heavy atom. The zero-order chi connectivity index (χ0) is 22.9. The molecule has 1 aliphatic rings. The molecular weight excluding hydrogens is 423 g/mol. The molecule has 0 atom stereocenters. The van der Waals surface area contributed by atoms with E-state index in [1.807, 2.05) is 0 Å². The van der Waals surface area contributed by atoms with Crippen molar-refractivity contribution in [2.75, 3.05) is 18.9 Å². The number of nitrogens with two attached hydrogens (primary N) is 2. The Bertz CT molecular complexity index is 1160. The molecule has 0 spiro atoms. The Labute approximate surface area is 180 Å². The fourth-order valence-corrected chi connectivity index (χ4v) is 3.12. The number of ether oxygens (including phenoxy) is 3. The highest BCUT2D eigenvalue weighted by molar-refractivity contribution is 5.87. The maximum atomic E-state index is 13.4. The van der Waals surface area contributed by atoms with E-state index in [4.69, 9.17) is 20.9 Å². The van der Waals surface area contributed by atoms with Crippen LogP contribution in [-0.2, 0) is 19.0 Å². The fourth-order valence-electron chi connectivity index (χ4n) is 3.12. The molecule has 32 heavy (non-hydrogen) atoms. The fraction of sp³-hybridized carbons (Fsp3) is 0.250. The Hall–Kier alpha value is -3.90. The van der Waals surface area contributed by atoms with Gasteiger partial charge >= 0.3 is 12.1 Å². The number of anilines is 1. The lowest BCUT2D eigenvalue weighted by Crippen LogP contribution is -2.45. The van der Waals surface area contributed by atoms with Crippen molar-refractivity contribution in [2.24, 2.45) is 11.1 Å². The molecule has 11 nitrogen and oxygen atoms in total. The Balaban J connectivity index is 1.64. The third-order valence-corrected chi connectivity index (χ3v) is 4.79. The largest absolute Gasteiger partial charge is 0.412 e. The van der Waals surface area contributed by atoms with Gasteiger partial charge in [0.15, 0.2) is 5.82 Å². The van der Waals surface area contributed by atoms with Gasteiger partial charge in [0.1, 0.15) is 11.2 Å². The van der Waals surface area contributed by atoms with Crippen LogP contribution in [0.4, 0.5) is 15.1 Å². The number of benzene rings is 1. The predicted molar refractivity (Wildman–Crippen MR) is 108 cm³/mol.